The minimum Gasteiger partial charge on any atom is -0.481 e. The molecule has 1 heterocycles. The highest BCUT2D eigenvalue weighted by molar-refractivity contribution is 5.80. The Morgan fingerprint density at radius 2 is 1.57 bits per heavy atom. The predicted octanol–water partition coefficient (Wildman–Crippen LogP) is 6.57. The molecule has 5 rings (SSSR count). The number of nitrogens with zero attached hydrogens (tertiary/aromatic N) is 1. The maximum atomic E-state index is 12.0. The van der Waals surface area contributed by atoms with Crippen molar-refractivity contribution < 1.29 is 29.3 Å². The Hall–Kier alpha value is -4.34. The van der Waals surface area contributed by atoms with Gasteiger partial charge in [-0.2, -0.15) is 0 Å². The number of hydrogen-bond acceptors (Lipinski definition) is 6. The maximum Gasteiger partial charge on any atom is 0.303 e. The summed E-state index contributed by atoms with van der Waals surface area (Å²) in [6.07, 6.45) is -0.312. The number of likely N-dealkylation sites (N-methyl/N-ethyl adjacent to an activating group) is 1. The van der Waals surface area contributed by atoms with E-state index in [2.05, 4.69) is 48.5 Å². The highest BCUT2D eigenvalue weighted by Crippen LogP contribution is 2.39. The molecule has 1 aliphatic rings. The zero-order valence-electron chi connectivity index (χ0n) is 26.3. The fraction of sp³-hybridized carbons (Fsp3) is 0.316. The van der Waals surface area contributed by atoms with Crippen molar-refractivity contribution in [3.8, 4) is 11.1 Å². The van der Waals surface area contributed by atoms with E-state index >= 15 is 0 Å². The van der Waals surface area contributed by atoms with Crippen LogP contribution >= 0.6 is 0 Å². The highest BCUT2D eigenvalue weighted by atomic mass is 16.7. The molecule has 0 bridgehead atoms. The lowest BCUT2D eigenvalue weighted by molar-refractivity contribution is -0.253. The number of carbonyl (C=O) groups excluding carboxylic acids is 1. The Morgan fingerprint density at radius 1 is 0.848 bits per heavy atom. The van der Waals surface area contributed by atoms with Crippen molar-refractivity contribution in [2.75, 3.05) is 13.6 Å². The van der Waals surface area contributed by atoms with E-state index in [0.29, 0.717) is 13.0 Å². The number of carboxylic acids is 1. The number of carboxylic acid groups (broad SMARTS) is 1. The molecule has 3 N–H and O–H groups in total. The van der Waals surface area contributed by atoms with Gasteiger partial charge in [0.25, 0.3) is 0 Å². The Bertz CT molecular complexity index is 1580. The second-order valence-corrected chi connectivity index (χ2v) is 11.9. The molecule has 4 unspecified atom stereocenters. The first-order valence-electron chi connectivity index (χ1n) is 15.7. The van der Waals surface area contributed by atoms with Gasteiger partial charge in [-0.3, -0.25) is 14.5 Å². The van der Waals surface area contributed by atoms with Gasteiger partial charge < -0.3 is 25.0 Å². The molecule has 4 atom stereocenters. The summed E-state index contributed by atoms with van der Waals surface area (Å²) in [5.41, 5.74) is 7.04. The van der Waals surface area contributed by atoms with Gasteiger partial charge in [-0.15, -0.1) is 0 Å². The SMILES string of the molecule is CC(c1ccccc1)N(C)CC1CC(c2ccc(CO)cc2)OC(c2ccc(-c3cccc(CNC(=O)CCC(=O)O)c3)cc2)O1. The van der Waals surface area contributed by atoms with Crippen LogP contribution in [-0.4, -0.2) is 46.7 Å². The van der Waals surface area contributed by atoms with Crippen molar-refractivity contribution in [1.82, 2.24) is 10.2 Å². The second kappa shape index (κ2) is 15.8. The van der Waals surface area contributed by atoms with Gasteiger partial charge in [-0.25, -0.2) is 0 Å². The summed E-state index contributed by atoms with van der Waals surface area (Å²) in [4.78, 5) is 25.0. The van der Waals surface area contributed by atoms with Gasteiger partial charge in [0.1, 0.15) is 0 Å². The third kappa shape index (κ3) is 8.89. The van der Waals surface area contributed by atoms with Crippen LogP contribution in [0.2, 0.25) is 0 Å². The summed E-state index contributed by atoms with van der Waals surface area (Å²) in [7, 11) is 2.13. The molecular weight excluding hydrogens is 580 g/mol. The zero-order valence-corrected chi connectivity index (χ0v) is 26.3. The van der Waals surface area contributed by atoms with Gasteiger partial charge in [0.2, 0.25) is 5.91 Å². The van der Waals surface area contributed by atoms with Crippen LogP contribution in [0.1, 0.15) is 72.4 Å². The van der Waals surface area contributed by atoms with Crippen molar-refractivity contribution in [3.05, 3.63) is 131 Å². The second-order valence-electron chi connectivity index (χ2n) is 11.9. The number of aliphatic hydroxyl groups excluding tert-OH is 1. The third-order valence-corrected chi connectivity index (χ3v) is 8.55. The molecule has 0 aliphatic carbocycles. The maximum absolute atomic E-state index is 12.0. The molecule has 4 aromatic carbocycles. The van der Waals surface area contributed by atoms with E-state index < -0.39 is 12.3 Å². The van der Waals surface area contributed by atoms with Gasteiger partial charge in [0.05, 0.1) is 25.2 Å². The Morgan fingerprint density at radius 3 is 2.26 bits per heavy atom. The third-order valence-electron chi connectivity index (χ3n) is 8.55. The Kier molecular flexibility index (Phi) is 11.3. The number of carbonyl (C=O) groups is 2. The number of nitrogens with one attached hydrogen (secondary N) is 1. The van der Waals surface area contributed by atoms with E-state index in [0.717, 1.165) is 39.9 Å². The molecule has 1 aliphatic heterocycles. The van der Waals surface area contributed by atoms with E-state index in [1.54, 1.807) is 0 Å². The number of rotatable bonds is 13. The van der Waals surface area contributed by atoms with Crippen molar-refractivity contribution >= 4 is 11.9 Å². The van der Waals surface area contributed by atoms with E-state index in [4.69, 9.17) is 14.6 Å². The van der Waals surface area contributed by atoms with Crippen molar-refractivity contribution in [2.45, 2.75) is 63.9 Å². The predicted molar refractivity (Wildman–Crippen MR) is 177 cm³/mol. The Balaban J connectivity index is 1.30. The van der Waals surface area contributed by atoms with Crippen LogP contribution in [0.25, 0.3) is 11.1 Å². The van der Waals surface area contributed by atoms with Gasteiger partial charge >= 0.3 is 5.97 Å². The van der Waals surface area contributed by atoms with Gasteiger partial charge in [-0.1, -0.05) is 97.1 Å². The standard InChI is InChI=1S/C38H42N2O6/c1-26(29-8-4-3-5-9-29)40(2)24-34-22-35(31-13-11-27(25-41)12-14-31)46-38(45-34)32-17-15-30(16-18-32)33-10-6-7-28(21-33)23-39-36(42)19-20-37(43)44/h3-18,21,26,34-35,38,41H,19-20,22-25H2,1-2H3,(H,39,42)(H,43,44). The topological polar surface area (TPSA) is 108 Å². The monoisotopic (exact) mass is 622 g/mol. The van der Waals surface area contributed by atoms with Gasteiger partial charge in [-0.05, 0) is 53.4 Å². The lowest BCUT2D eigenvalue weighted by Gasteiger charge is -2.39. The fourth-order valence-corrected chi connectivity index (χ4v) is 5.70. The number of aliphatic hydroxyl groups is 1. The van der Waals surface area contributed by atoms with Crippen LogP contribution in [0.15, 0.2) is 103 Å². The van der Waals surface area contributed by atoms with Crippen LogP contribution in [0.3, 0.4) is 0 Å². The largest absolute Gasteiger partial charge is 0.481 e. The lowest BCUT2D eigenvalue weighted by Crippen LogP contribution is -2.38. The van der Waals surface area contributed by atoms with Crippen molar-refractivity contribution in [2.24, 2.45) is 0 Å². The number of ether oxygens (including phenoxy) is 2. The lowest BCUT2D eigenvalue weighted by atomic mass is 9.98. The molecule has 0 saturated carbocycles. The molecule has 240 valence electrons. The van der Waals surface area contributed by atoms with Crippen LogP contribution in [0, 0.1) is 0 Å². The van der Waals surface area contributed by atoms with E-state index in [1.165, 1.54) is 5.56 Å². The number of hydrogen-bond donors (Lipinski definition) is 3. The molecule has 8 nitrogen and oxygen atoms in total. The number of amides is 1. The van der Waals surface area contributed by atoms with Crippen LogP contribution < -0.4 is 5.32 Å². The minimum atomic E-state index is -0.989. The molecule has 0 spiro atoms. The molecule has 1 fully saturated rings. The van der Waals surface area contributed by atoms with Crippen molar-refractivity contribution in [1.29, 1.82) is 0 Å². The first-order chi connectivity index (χ1) is 22.3. The molecular formula is C38H42N2O6. The first kappa shape index (κ1) is 33.0. The molecule has 1 amide bonds. The molecule has 1 saturated heterocycles. The highest BCUT2D eigenvalue weighted by Gasteiger charge is 2.33. The molecule has 46 heavy (non-hydrogen) atoms. The first-order valence-corrected chi connectivity index (χ1v) is 15.7. The van der Waals surface area contributed by atoms with Crippen LogP contribution in [-0.2, 0) is 32.2 Å². The van der Waals surface area contributed by atoms with E-state index in [-0.39, 0.29) is 43.6 Å². The smallest absolute Gasteiger partial charge is 0.303 e. The molecule has 0 radical (unpaired) electrons. The molecule has 0 aromatic heterocycles. The summed E-state index contributed by atoms with van der Waals surface area (Å²) in [6.45, 7) is 3.27. The summed E-state index contributed by atoms with van der Waals surface area (Å²) < 4.78 is 13.2. The zero-order chi connectivity index (χ0) is 32.5. The van der Waals surface area contributed by atoms with Crippen molar-refractivity contribution in [3.63, 3.8) is 0 Å². The Labute approximate surface area is 270 Å². The van der Waals surface area contributed by atoms with Crippen LogP contribution in [0.4, 0.5) is 0 Å². The minimum absolute atomic E-state index is 0.000973. The normalized spacial score (nSPS) is 18.7. The summed E-state index contributed by atoms with van der Waals surface area (Å²) in [6, 6.07) is 34.7. The quantitative estimate of drug-likeness (QED) is 0.155. The van der Waals surface area contributed by atoms with E-state index in [1.807, 2.05) is 78.9 Å². The average Bonchev–Trinajstić information content (AvgIpc) is 3.10. The average molecular weight is 623 g/mol. The fourth-order valence-electron chi connectivity index (χ4n) is 5.70. The van der Waals surface area contributed by atoms with E-state index in [9.17, 15) is 14.7 Å². The van der Waals surface area contributed by atoms with Gasteiger partial charge in [0.15, 0.2) is 6.29 Å². The number of benzene rings is 4. The summed E-state index contributed by atoms with van der Waals surface area (Å²) in [5.74, 6) is -1.27. The van der Waals surface area contributed by atoms with Crippen LogP contribution in [0.5, 0.6) is 0 Å². The number of aliphatic carboxylic acids is 1. The summed E-state index contributed by atoms with van der Waals surface area (Å²) >= 11 is 0. The molecule has 4 aromatic rings. The molecule has 8 heteroatoms. The summed E-state index contributed by atoms with van der Waals surface area (Å²) in [5, 5.41) is 21.1. The van der Waals surface area contributed by atoms with Gasteiger partial charge in [0, 0.05) is 37.5 Å².